The van der Waals surface area contributed by atoms with Crippen molar-refractivity contribution in [3.05, 3.63) is 39.8 Å². The monoisotopic (exact) mass is 419 g/mol. The second-order valence-electron chi connectivity index (χ2n) is 8.93. The number of nitrogens with zero attached hydrogens (tertiary/aromatic N) is 3. The topological polar surface area (TPSA) is 107 Å². The summed E-state index contributed by atoms with van der Waals surface area (Å²) in [5.74, 6) is -1.16. The standard InChI is InChI=1S/C20H23ClFN5O2/c1-19(2,3)11-6-10(7-12(21)15(11)22)16-14(17(23)28)13-8-26(18(24)29)9-20(4-5-20)27(13)25-16/h6-7H,4-5,8-9H2,1-3H3,(H2,23,28)(H2,24,29). The van der Waals surface area contributed by atoms with Gasteiger partial charge in [0, 0.05) is 12.1 Å². The number of urea groups is 1. The van der Waals surface area contributed by atoms with Crippen molar-refractivity contribution in [1.82, 2.24) is 14.7 Å². The molecule has 1 aliphatic carbocycles. The number of carbonyl (C=O) groups excluding carboxylic acids is 2. The van der Waals surface area contributed by atoms with Gasteiger partial charge in [-0.05, 0) is 36.0 Å². The van der Waals surface area contributed by atoms with Crippen molar-refractivity contribution >= 4 is 23.5 Å². The first-order valence-electron chi connectivity index (χ1n) is 9.41. The summed E-state index contributed by atoms with van der Waals surface area (Å²) in [4.78, 5) is 25.7. The summed E-state index contributed by atoms with van der Waals surface area (Å²) in [5, 5.41) is 4.65. The zero-order valence-electron chi connectivity index (χ0n) is 16.6. The normalized spacial score (nSPS) is 17.3. The minimum Gasteiger partial charge on any atom is -0.365 e. The maximum Gasteiger partial charge on any atom is 0.315 e. The third-order valence-electron chi connectivity index (χ3n) is 5.75. The van der Waals surface area contributed by atoms with Gasteiger partial charge in [-0.3, -0.25) is 9.48 Å². The van der Waals surface area contributed by atoms with Crippen LogP contribution in [0, 0.1) is 5.82 Å². The summed E-state index contributed by atoms with van der Waals surface area (Å²) in [6.45, 7) is 6.21. The Bertz CT molecular complexity index is 1050. The van der Waals surface area contributed by atoms with Crippen molar-refractivity contribution in [3.63, 3.8) is 0 Å². The predicted octanol–water partition coefficient (Wildman–Crippen LogP) is 3.12. The zero-order chi connectivity index (χ0) is 21.3. The molecule has 29 heavy (non-hydrogen) atoms. The van der Waals surface area contributed by atoms with Gasteiger partial charge in [-0.1, -0.05) is 32.4 Å². The minimum absolute atomic E-state index is 0.0475. The Hall–Kier alpha value is -2.61. The van der Waals surface area contributed by atoms with Crippen molar-refractivity contribution in [3.8, 4) is 11.3 Å². The zero-order valence-corrected chi connectivity index (χ0v) is 17.3. The molecular weight excluding hydrogens is 397 g/mol. The summed E-state index contributed by atoms with van der Waals surface area (Å²) in [6.07, 6.45) is 1.64. The van der Waals surface area contributed by atoms with Gasteiger partial charge in [0.15, 0.2) is 0 Å². The van der Waals surface area contributed by atoms with Crippen molar-refractivity contribution in [2.24, 2.45) is 11.5 Å². The van der Waals surface area contributed by atoms with Crippen LogP contribution in [0.4, 0.5) is 9.18 Å². The number of aromatic nitrogens is 2. The van der Waals surface area contributed by atoms with Gasteiger partial charge in [0.25, 0.3) is 5.91 Å². The van der Waals surface area contributed by atoms with E-state index in [9.17, 15) is 14.0 Å². The number of benzene rings is 1. The maximum atomic E-state index is 14.6. The Labute approximate surface area is 172 Å². The van der Waals surface area contributed by atoms with Crippen LogP contribution in [0.1, 0.15) is 55.2 Å². The lowest BCUT2D eigenvalue weighted by Gasteiger charge is -2.33. The molecule has 1 aliphatic heterocycles. The van der Waals surface area contributed by atoms with Gasteiger partial charge < -0.3 is 16.4 Å². The first-order valence-corrected chi connectivity index (χ1v) is 9.79. The highest BCUT2D eigenvalue weighted by atomic mass is 35.5. The van der Waals surface area contributed by atoms with Gasteiger partial charge in [0.2, 0.25) is 0 Å². The van der Waals surface area contributed by atoms with Crippen LogP contribution in [0.2, 0.25) is 5.02 Å². The molecule has 1 fully saturated rings. The van der Waals surface area contributed by atoms with Crippen LogP contribution in [0.25, 0.3) is 11.3 Å². The molecule has 1 aromatic heterocycles. The molecule has 7 nitrogen and oxygen atoms in total. The van der Waals surface area contributed by atoms with Crippen molar-refractivity contribution < 1.29 is 14.0 Å². The van der Waals surface area contributed by atoms with Gasteiger partial charge in [0.05, 0.1) is 28.4 Å². The fourth-order valence-corrected chi connectivity index (χ4v) is 4.27. The van der Waals surface area contributed by atoms with Crippen LogP contribution >= 0.6 is 11.6 Å². The molecule has 0 saturated heterocycles. The number of halogens is 2. The van der Waals surface area contributed by atoms with Gasteiger partial charge >= 0.3 is 6.03 Å². The number of hydrogen-bond acceptors (Lipinski definition) is 3. The van der Waals surface area contributed by atoms with E-state index in [0.29, 0.717) is 29.1 Å². The van der Waals surface area contributed by atoms with Crippen LogP contribution in [-0.2, 0) is 17.5 Å². The first-order chi connectivity index (χ1) is 13.4. The minimum atomic E-state index is -0.666. The molecule has 0 radical (unpaired) electrons. The van der Waals surface area contributed by atoms with Gasteiger partial charge in [-0.25, -0.2) is 9.18 Å². The third kappa shape index (κ3) is 3.06. The average molecular weight is 420 g/mol. The number of nitrogens with two attached hydrogens (primary N) is 2. The molecule has 2 aliphatic rings. The largest absolute Gasteiger partial charge is 0.365 e. The molecular formula is C20H23ClFN5O2. The summed E-state index contributed by atoms with van der Waals surface area (Å²) < 4.78 is 16.4. The molecule has 0 bridgehead atoms. The van der Waals surface area contributed by atoms with Crippen LogP contribution < -0.4 is 11.5 Å². The number of fused-ring (bicyclic) bond motifs is 2. The molecule has 1 saturated carbocycles. The molecule has 4 rings (SSSR count). The Morgan fingerprint density at radius 2 is 1.90 bits per heavy atom. The molecule has 0 unspecified atom stereocenters. The molecule has 154 valence electrons. The Balaban J connectivity index is 1.95. The summed E-state index contributed by atoms with van der Waals surface area (Å²) in [7, 11) is 0. The van der Waals surface area contributed by atoms with E-state index >= 15 is 0 Å². The van der Waals surface area contributed by atoms with E-state index in [4.69, 9.17) is 28.2 Å². The fourth-order valence-electron chi connectivity index (χ4n) is 4.05. The SMILES string of the molecule is CC(C)(C)c1cc(-c2nn3c(c2C(N)=O)CN(C(N)=O)CC32CC2)cc(Cl)c1F. The molecule has 0 atom stereocenters. The van der Waals surface area contributed by atoms with Crippen LogP contribution in [0.3, 0.4) is 0 Å². The lowest BCUT2D eigenvalue weighted by atomic mass is 9.85. The highest BCUT2D eigenvalue weighted by Gasteiger charge is 2.52. The Morgan fingerprint density at radius 1 is 1.24 bits per heavy atom. The highest BCUT2D eigenvalue weighted by Crippen LogP contribution is 2.49. The van der Waals surface area contributed by atoms with Gasteiger partial charge in [-0.2, -0.15) is 5.10 Å². The molecule has 1 aromatic carbocycles. The fraction of sp³-hybridized carbons (Fsp3) is 0.450. The van der Waals surface area contributed by atoms with E-state index in [1.165, 1.54) is 11.0 Å². The Morgan fingerprint density at radius 3 is 2.41 bits per heavy atom. The highest BCUT2D eigenvalue weighted by molar-refractivity contribution is 6.31. The molecule has 3 amide bonds. The van der Waals surface area contributed by atoms with E-state index in [0.717, 1.165) is 12.8 Å². The summed E-state index contributed by atoms with van der Waals surface area (Å²) in [6, 6.07) is 2.56. The summed E-state index contributed by atoms with van der Waals surface area (Å²) in [5.41, 5.74) is 12.4. The lowest BCUT2D eigenvalue weighted by Crippen LogP contribution is -2.48. The second-order valence-corrected chi connectivity index (χ2v) is 9.34. The Kier molecular flexibility index (Phi) is 4.21. The van der Waals surface area contributed by atoms with Crippen LogP contribution in [-0.4, -0.2) is 33.2 Å². The number of carbonyl (C=O) groups is 2. The van der Waals surface area contributed by atoms with Crippen LogP contribution in [0.15, 0.2) is 12.1 Å². The number of amides is 3. The predicted molar refractivity (Wildman–Crippen MR) is 107 cm³/mol. The molecule has 4 N–H and O–H groups in total. The molecule has 2 aromatic rings. The van der Waals surface area contributed by atoms with E-state index in [-0.39, 0.29) is 22.7 Å². The average Bonchev–Trinajstić information content (AvgIpc) is 3.24. The van der Waals surface area contributed by atoms with E-state index in [1.807, 2.05) is 20.8 Å². The number of hydrogen-bond donors (Lipinski definition) is 2. The smallest absolute Gasteiger partial charge is 0.315 e. The third-order valence-corrected chi connectivity index (χ3v) is 6.03. The van der Waals surface area contributed by atoms with Crippen LogP contribution in [0.5, 0.6) is 0 Å². The van der Waals surface area contributed by atoms with E-state index in [2.05, 4.69) is 0 Å². The number of rotatable bonds is 2. The molecule has 1 spiro atoms. The van der Waals surface area contributed by atoms with Gasteiger partial charge in [0.1, 0.15) is 11.5 Å². The van der Waals surface area contributed by atoms with Crippen molar-refractivity contribution in [2.45, 2.75) is 51.1 Å². The maximum absolute atomic E-state index is 14.6. The van der Waals surface area contributed by atoms with E-state index < -0.39 is 23.2 Å². The summed E-state index contributed by atoms with van der Waals surface area (Å²) >= 11 is 6.17. The van der Waals surface area contributed by atoms with Crippen molar-refractivity contribution in [1.29, 1.82) is 0 Å². The van der Waals surface area contributed by atoms with E-state index in [1.54, 1.807) is 10.7 Å². The van der Waals surface area contributed by atoms with Gasteiger partial charge in [-0.15, -0.1) is 0 Å². The van der Waals surface area contributed by atoms with Crippen molar-refractivity contribution in [2.75, 3.05) is 6.54 Å². The number of primary amides is 2. The lowest BCUT2D eigenvalue weighted by molar-refractivity contribution is 0.0996. The second kappa shape index (κ2) is 6.19. The first kappa shape index (κ1) is 19.7. The molecule has 9 heteroatoms. The molecule has 2 heterocycles. The quantitative estimate of drug-likeness (QED) is 0.780.